The molecule has 1 aliphatic heterocycles. The van der Waals surface area contributed by atoms with E-state index in [4.69, 9.17) is 9.47 Å². The minimum atomic E-state index is -2.05. The van der Waals surface area contributed by atoms with Crippen molar-refractivity contribution in [1.29, 1.82) is 0 Å². The van der Waals surface area contributed by atoms with E-state index in [1.54, 1.807) is 6.92 Å². The highest BCUT2D eigenvalue weighted by Gasteiger charge is 2.52. The summed E-state index contributed by atoms with van der Waals surface area (Å²) >= 11 is 0. The van der Waals surface area contributed by atoms with Crippen LogP contribution in [0.15, 0.2) is 18.2 Å². The number of quaternary nitrogens is 1. The number of aliphatic carboxylic acids is 1. The highest BCUT2D eigenvalue weighted by atomic mass is 16.7. The number of hydrogen-bond acceptors (Lipinski definition) is 11. The Labute approximate surface area is 222 Å². The van der Waals surface area contributed by atoms with Crippen LogP contribution in [0.4, 0.5) is 0 Å². The number of aliphatic hydroxyl groups is 2. The van der Waals surface area contributed by atoms with Gasteiger partial charge in [-0.15, -0.1) is 0 Å². The number of carbonyl (C=O) groups is 3. The van der Waals surface area contributed by atoms with E-state index in [0.29, 0.717) is 0 Å². The van der Waals surface area contributed by atoms with Gasteiger partial charge in [0.2, 0.25) is 5.78 Å². The van der Waals surface area contributed by atoms with E-state index in [2.05, 4.69) is 5.73 Å². The van der Waals surface area contributed by atoms with Crippen LogP contribution in [-0.2, 0) is 14.3 Å². The average molecular weight is 544 g/mol. The van der Waals surface area contributed by atoms with Gasteiger partial charge in [-0.25, -0.2) is 0 Å². The van der Waals surface area contributed by atoms with Gasteiger partial charge >= 0.3 is 0 Å². The van der Waals surface area contributed by atoms with Crippen LogP contribution in [0.5, 0.6) is 17.2 Å². The second-order valence-electron chi connectivity index (χ2n) is 10.4. The zero-order valence-corrected chi connectivity index (χ0v) is 21.2. The topological polar surface area (TPSA) is 222 Å². The fraction of sp³-hybridized carbons (Fsp3) is 0.444. The molecule has 0 spiro atoms. The predicted octanol–water partition coefficient (Wildman–Crippen LogP) is -0.879. The van der Waals surface area contributed by atoms with Crippen molar-refractivity contribution >= 4 is 17.5 Å². The molecule has 0 aromatic heterocycles. The van der Waals surface area contributed by atoms with E-state index in [9.17, 15) is 45.0 Å². The lowest BCUT2D eigenvalue weighted by molar-refractivity contribution is -0.466. The first-order chi connectivity index (χ1) is 18.3. The maximum Gasteiger partial charge on any atom is 0.202 e. The molecule has 12 nitrogen and oxygen atoms in total. The van der Waals surface area contributed by atoms with E-state index in [-0.39, 0.29) is 29.5 Å². The van der Waals surface area contributed by atoms with Crippen molar-refractivity contribution in [3.8, 4) is 17.2 Å². The van der Waals surface area contributed by atoms with Crippen LogP contribution in [0.2, 0.25) is 0 Å². The summed E-state index contributed by atoms with van der Waals surface area (Å²) < 4.78 is 11.8. The van der Waals surface area contributed by atoms with Gasteiger partial charge in [0.1, 0.15) is 29.4 Å². The largest absolute Gasteiger partial charge is 0.549 e. The second kappa shape index (κ2) is 9.28. The van der Waals surface area contributed by atoms with E-state index in [1.165, 1.54) is 25.1 Å². The molecule has 0 unspecified atom stereocenters. The number of ketones is 2. The molecule has 7 atom stereocenters. The zero-order valence-electron chi connectivity index (χ0n) is 21.2. The van der Waals surface area contributed by atoms with Crippen LogP contribution in [0.3, 0.4) is 0 Å². The molecule has 2 aromatic rings. The minimum absolute atomic E-state index is 0.113. The average Bonchev–Trinajstić information content (AvgIpc) is 2.87. The number of carboxylic acid groups (broad SMARTS) is 1. The lowest BCUT2D eigenvalue weighted by atomic mass is 9.66. The van der Waals surface area contributed by atoms with Crippen molar-refractivity contribution in [3.63, 3.8) is 0 Å². The molecular weight excluding hydrogens is 514 g/mol. The molecule has 5 rings (SSSR count). The van der Waals surface area contributed by atoms with Crippen molar-refractivity contribution in [1.82, 2.24) is 0 Å². The third-order valence-electron chi connectivity index (χ3n) is 8.17. The van der Waals surface area contributed by atoms with Gasteiger partial charge in [0.15, 0.2) is 12.1 Å². The Morgan fingerprint density at radius 2 is 1.77 bits per heavy atom. The number of carboxylic acids is 1. The highest BCUT2D eigenvalue weighted by Crippen LogP contribution is 2.57. The lowest BCUT2D eigenvalue weighted by Gasteiger charge is -2.46. The molecule has 1 heterocycles. The first-order valence-electron chi connectivity index (χ1n) is 12.6. The molecule has 2 aromatic carbocycles. The normalized spacial score (nSPS) is 31.8. The molecule has 39 heavy (non-hydrogen) atoms. The number of phenols is 3. The van der Waals surface area contributed by atoms with Crippen molar-refractivity contribution in [3.05, 3.63) is 51.6 Å². The predicted molar refractivity (Wildman–Crippen MR) is 128 cm³/mol. The Morgan fingerprint density at radius 1 is 1.13 bits per heavy atom. The molecule has 0 amide bonds. The fourth-order valence-corrected chi connectivity index (χ4v) is 6.08. The van der Waals surface area contributed by atoms with Gasteiger partial charge in [-0.05, 0) is 19.4 Å². The molecule has 2 aliphatic carbocycles. The van der Waals surface area contributed by atoms with Crippen molar-refractivity contribution in [2.45, 2.75) is 75.3 Å². The fourth-order valence-electron chi connectivity index (χ4n) is 6.08. The summed E-state index contributed by atoms with van der Waals surface area (Å²) in [6.07, 6.45) is -4.30. The van der Waals surface area contributed by atoms with Gasteiger partial charge in [-0.1, -0.05) is 19.1 Å². The van der Waals surface area contributed by atoms with Gasteiger partial charge < -0.3 is 50.6 Å². The van der Waals surface area contributed by atoms with Crippen LogP contribution < -0.4 is 10.8 Å². The number of benzene rings is 2. The SMILES string of the molecule is CC[C@@]1(O)C[C@H](O[C@H]2C[C@H]([NH3+])[C@H](O)[C@H](C)O2)c2c(O)c3c(c(O)c2[C@H]1C(=O)[O-])C(=O)c1cccc(O)c1C3=O. The van der Waals surface area contributed by atoms with Crippen LogP contribution in [0.1, 0.15) is 88.1 Å². The van der Waals surface area contributed by atoms with Crippen molar-refractivity contribution < 1.29 is 60.2 Å². The Hall–Kier alpha value is -3.55. The van der Waals surface area contributed by atoms with Crippen molar-refractivity contribution in [2.24, 2.45) is 0 Å². The van der Waals surface area contributed by atoms with E-state index >= 15 is 0 Å². The Kier molecular flexibility index (Phi) is 6.43. The van der Waals surface area contributed by atoms with Crippen molar-refractivity contribution in [2.75, 3.05) is 0 Å². The monoisotopic (exact) mass is 543 g/mol. The van der Waals surface area contributed by atoms with E-state index in [1.807, 2.05) is 0 Å². The van der Waals surface area contributed by atoms with Gasteiger partial charge in [0.25, 0.3) is 0 Å². The summed E-state index contributed by atoms with van der Waals surface area (Å²) in [5, 5.41) is 67.2. The second-order valence-corrected chi connectivity index (χ2v) is 10.4. The summed E-state index contributed by atoms with van der Waals surface area (Å²) in [5.41, 5.74) is -0.873. The maximum atomic E-state index is 13.5. The molecule has 0 radical (unpaired) electrons. The van der Waals surface area contributed by atoms with E-state index < -0.39 is 100 Å². The van der Waals surface area contributed by atoms with Gasteiger partial charge in [0, 0.05) is 23.1 Å². The first-order valence-corrected chi connectivity index (χ1v) is 12.6. The third-order valence-corrected chi connectivity index (χ3v) is 8.17. The number of aliphatic hydroxyl groups excluding tert-OH is 1. The lowest BCUT2D eigenvalue weighted by Crippen LogP contribution is -2.71. The quantitative estimate of drug-likeness (QED) is 0.222. The van der Waals surface area contributed by atoms with Gasteiger partial charge in [0.05, 0.1) is 52.8 Å². The number of rotatable bonds is 4. The zero-order chi connectivity index (χ0) is 28.5. The molecular formula is C27H29NO11. The van der Waals surface area contributed by atoms with E-state index in [0.717, 1.165) is 0 Å². The highest BCUT2D eigenvalue weighted by molar-refractivity contribution is 6.31. The number of ether oxygens (including phenoxy) is 2. The third kappa shape index (κ3) is 3.90. The van der Waals surface area contributed by atoms with Crippen LogP contribution in [0, 0.1) is 0 Å². The minimum Gasteiger partial charge on any atom is -0.549 e. The summed E-state index contributed by atoms with van der Waals surface area (Å²) in [5.74, 6) is -7.81. The van der Waals surface area contributed by atoms with Crippen LogP contribution in [0.25, 0.3) is 0 Å². The van der Waals surface area contributed by atoms with Gasteiger partial charge in [-0.3, -0.25) is 9.59 Å². The molecule has 12 heteroatoms. The molecule has 0 bridgehead atoms. The number of aromatic hydroxyl groups is 3. The Balaban J connectivity index is 1.75. The molecule has 3 aliphatic rings. The maximum absolute atomic E-state index is 13.5. The molecule has 1 saturated heterocycles. The number of phenolic OH excluding ortho intramolecular Hbond substituents is 3. The standard InChI is InChI=1S/C27H29NO11/c1-3-27(37)8-13(39-14-7-11(28)21(30)9(2)38-14)16-17(20(27)26(35)36)25(34)18-19(24(16)33)23(32)15-10(22(18)31)5-4-6-12(15)29/h4-6,9,11,13-14,20-21,29-30,33-34,37H,3,7-8,28H2,1-2H3,(H,35,36)/t9-,11-,13-,14-,20-,21+,27+/m0/s1. The number of fused-ring (bicyclic) bond motifs is 3. The number of hydrogen-bond donors (Lipinski definition) is 6. The summed E-state index contributed by atoms with van der Waals surface area (Å²) in [6.45, 7) is 3.12. The Morgan fingerprint density at radius 3 is 2.38 bits per heavy atom. The van der Waals surface area contributed by atoms with Crippen LogP contribution in [-0.4, -0.2) is 73.2 Å². The van der Waals surface area contributed by atoms with Crippen LogP contribution >= 0.6 is 0 Å². The number of carbonyl (C=O) groups excluding carboxylic acids is 3. The Bertz CT molecular complexity index is 1390. The molecule has 0 saturated carbocycles. The molecule has 1 fully saturated rings. The molecule has 8 N–H and O–H groups in total. The first kappa shape index (κ1) is 27.0. The molecule has 208 valence electrons. The van der Waals surface area contributed by atoms with Gasteiger partial charge in [-0.2, -0.15) is 0 Å². The summed E-state index contributed by atoms with van der Waals surface area (Å²) in [7, 11) is 0. The summed E-state index contributed by atoms with van der Waals surface area (Å²) in [6, 6.07) is 3.27. The summed E-state index contributed by atoms with van der Waals surface area (Å²) in [4.78, 5) is 39.3. The smallest absolute Gasteiger partial charge is 0.202 e.